The van der Waals surface area contributed by atoms with Gasteiger partial charge in [-0.3, -0.25) is 0 Å². The van der Waals surface area contributed by atoms with Gasteiger partial charge in [0.1, 0.15) is 0 Å². The molecule has 15 heavy (non-hydrogen) atoms. The Kier molecular flexibility index (Phi) is 3.64. The summed E-state index contributed by atoms with van der Waals surface area (Å²) in [6, 6.07) is 10.1. The zero-order chi connectivity index (χ0) is 10.7. The molecule has 0 bridgehead atoms. The Balaban J connectivity index is 2.00. The summed E-state index contributed by atoms with van der Waals surface area (Å²) >= 11 is 2.43. The third-order valence-corrected chi connectivity index (χ3v) is 4.08. The Hall–Kier alpha value is -0.130. The fraction of sp³-hybridized carbons (Fsp3) is 0.500. The Morgan fingerprint density at radius 3 is 2.40 bits per heavy atom. The molecule has 0 aliphatic carbocycles. The van der Waals surface area contributed by atoms with Gasteiger partial charge >= 0.3 is 0 Å². The first-order valence-corrected chi connectivity index (χ1v) is 6.28. The van der Waals surface area contributed by atoms with Crippen molar-refractivity contribution in [2.24, 2.45) is 0 Å². The molecule has 3 heteroatoms. The van der Waals surface area contributed by atoms with E-state index >= 15 is 0 Å². The Morgan fingerprint density at radius 1 is 1.27 bits per heavy atom. The van der Waals surface area contributed by atoms with Crippen LogP contribution in [0.1, 0.15) is 25.2 Å². The largest absolute Gasteiger partial charge is 0.347 e. The number of benzene rings is 1. The van der Waals surface area contributed by atoms with E-state index in [2.05, 4.69) is 29.5 Å². The topological polar surface area (TPSA) is 18.5 Å². The van der Waals surface area contributed by atoms with Crippen LogP contribution in [0.15, 0.2) is 30.3 Å². The normalized spacial score (nSPS) is 31.5. The summed E-state index contributed by atoms with van der Waals surface area (Å²) < 4.78 is 11.6. The van der Waals surface area contributed by atoms with Gasteiger partial charge in [-0.05, 0) is 6.42 Å². The van der Waals surface area contributed by atoms with Gasteiger partial charge in [0.25, 0.3) is 0 Å². The predicted molar refractivity (Wildman–Crippen MR) is 68.1 cm³/mol. The Morgan fingerprint density at radius 2 is 1.87 bits per heavy atom. The number of rotatable bonds is 2. The van der Waals surface area contributed by atoms with Crippen molar-refractivity contribution < 1.29 is 9.47 Å². The monoisotopic (exact) mass is 318 g/mol. The highest BCUT2D eigenvalue weighted by Crippen LogP contribution is 2.33. The average molecular weight is 318 g/mol. The number of ether oxygens (including phenoxy) is 2. The van der Waals surface area contributed by atoms with Crippen LogP contribution in [0.25, 0.3) is 0 Å². The Bertz CT molecular complexity index is 305. The fourth-order valence-electron chi connectivity index (χ4n) is 1.55. The lowest BCUT2D eigenvalue weighted by molar-refractivity contribution is -0.193. The van der Waals surface area contributed by atoms with Gasteiger partial charge in [0.15, 0.2) is 6.29 Å². The molecule has 1 aromatic carbocycles. The van der Waals surface area contributed by atoms with Gasteiger partial charge in [-0.2, -0.15) is 0 Å². The zero-order valence-corrected chi connectivity index (χ0v) is 10.9. The molecule has 1 heterocycles. The van der Waals surface area contributed by atoms with Gasteiger partial charge in [0.05, 0.1) is 16.6 Å². The summed E-state index contributed by atoms with van der Waals surface area (Å²) in [5, 5.41) is 0. The molecular formula is C12H15IO2. The van der Waals surface area contributed by atoms with Gasteiger partial charge in [-0.15, -0.1) is 0 Å². The first-order chi connectivity index (χ1) is 7.23. The number of hydrogen-bond donors (Lipinski definition) is 0. The van der Waals surface area contributed by atoms with Crippen LogP contribution in [0.2, 0.25) is 0 Å². The summed E-state index contributed by atoms with van der Waals surface area (Å²) in [6.45, 7) is 3.70. The van der Waals surface area contributed by atoms with E-state index in [4.69, 9.17) is 9.47 Å². The zero-order valence-electron chi connectivity index (χ0n) is 8.78. The van der Waals surface area contributed by atoms with E-state index < -0.39 is 0 Å². The van der Waals surface area contributed by atoms with Gasteiger partial charge in [-0.1, -0.05) is 59.8 Å². The maximum absolute atomic E-state index is 5.74. The summed E-state index contributed by atoms with van der Waals surface area (Å²) in [4.78, 5) is 0. The summed E-state index contributed by atoms with van der Waals surface area (Å²) in [7, 11) is 0. The molecule has 0 aromatic heterocycles. The van der Waals surface area contributed by atoms with Crippen molar-refractivity contribution in [1.82, 2.24) is 0 Å². The van der Waals surface area contributed by atoms with Crippen LogP contribution in [0.3, 0.4) is 0 Å². The second kappa shape index (κ2) is 4.80. The molecule has 0 spiro atoms. The standard InChI is InChI=1S/C12H15IO2/c1-2-12(13)8-14-11(15-9-12)10-6-4-3-5-7-10/h3-7,11H,2,8-9H2,1H3. The Labute approximate surface area is 104 Å². The maximum Gasteiger partial charge on any atom is 0.183 e. The second-order valence-electron chi connectivity index (χ2n) is 3.87. The number of alkyl halides is 1. The molecule has 1 aromatic rings. The predicted octanol–water partition coefficient (Wildman–Crippen LogP) is 3.32. The molecule has 2 nitrogen and oxygen atoms in total. The van der Waals surface area contributed by atoms with E-state index in [1.165, 1.54) is 0 Å². The van der Waals surface area contributed by atoms with Crippen molar-refractivity contribution in [3.63, 3.8) is 0 Å². The van der Waals surface area contributed by atoms with Gasteiger partial charge in [0, 0.05) is 5.56 Å². The second-order valence-corrected chi connectivity index (χ2v) is 6.16. The van der Waals surface area contributed by atoms with Crippen LogP contribution in [0.4, 0.5) is 0 Å². The van der Waals surface area contributed by atoms with Crippen molar-refractivity contribution in [3.05, 3.63) is 35.9 Å². The SMILES string of the molecule is CCC1(I)COC(c2ccccc2)OC1. The lowest BCUT2D eigenvalue weighted by Crippen LogP contribution is -2.39. The molecule has 1 aliphatic heterocycles. The highest BCUT2D eigenvalue weighted by Gasteiger charge is 2.33. The van der Waals surface area contributed by atoms with Crippen LogP contribution in [0.5, 0.6) is 0 Å². The molecule has 1 saturated heterocycles. The van der Waals surface area contributed by atoms with Gasteiger partial charge < -0.3 is 9.47 Å². The van der Waals surface area contributed by atoms with Crippen LogP contribution >= 0.6 is 22.6 Å². The average Bonchev–Trinajstić information content (AvgIpc) is 2.31. The molecule has 82 valence electrons. The van der Waals surface area contributed by atoms with Crippen molar-refractivity contribution >= 4 is 22.6 Å². The van der Waals surface area contributed by atoms with Crippen LogP contribution in [-0.2, 0) is 9.47 Å². The molecule has 0 amide bonds. The van der Waals surface area contributed by atoms with E-state index in [-0.39, 0.29) is 9.71 Å². The van der Waals surface area contributed by atoms with E-state index in [0.717, 1.165) is 25.2 Å². The van der Waals surface area contributed by atoms with Crippen molar-refractivity contribution in [1.29, 1.82) is 0 Å². The van der Waals surface area contributed by atoms with Crippen molar-refractivity contribution in [2.75, 3.05) is 13.2 Å². The molecule has 1 fully saturated rings. The molecule has 0 unspecified atom stereocenters. The highest BCUT2D eigenvalue weighted by molar-refractivity contribution is 14.1. The lowest BCUT2D eigenvalue weighted by atomic mass is 10.1. The molecule has 0 atom stereocenters. The summed E-state index contributed by atoms with van der Waals surface area (Å²) in [5.74, 6) is 0. The molecular weight excluding hydrogens is 303 g/mol. The maximum atomic E-state index is 5.74. The molecule has 2 rings (SSSR count). The van der Waals surface area contributed by atoms with E-state index in [9.17, 15) is 0 Å². The van der Waals surface area contributed by atoms with Crippen LogP contribution in [0, 0.1) is 0 Å². The van der Waals surface area contributed by atoms with Gasteiger partial charge in [-0.25, -0.2) is 0 Å². The van der Waals surface area contributed by atoms with Crippen molar-refractivity contribution in [3.8, 4) is 0 Å². The van der Waals surface area contributed by atoms with E-state index in [1.54, 1.807) is 0 Å². The van der Waals surface area contributed by atoms with Crippen molar-refractivity contribution in [2.45, 2.75) is 23.1 Å². The van der Waals surface area contributed by atoms with Crippen LogP contribution < -0.4 is 0 Å². The number of hydrogen-bond acceptors (Lipinski definition) is 2. The third-order valence-electron chi connectivity index (χ3n) is 2.69. The first kappa shape index (κ1) is 11.4. The minimum absolute atomic E-state index is 0.156. The molecule has 1 aliphatic rings. The number of halogens is 1. The fourth-order valence-corrected chi connectivity index (χ4v) is 1.91. The lowest BCUT2D eigenvalue weighted by Gasteiger charge is -2.35. The summed E-state index contributed by atoms with van der Waals surface area (Å²) in [6.07, 6.45) is 0.898. The summed E-state index contributed by atoms with van der Waals surface area (Å²) in [5.41, 5.74) is 1.10. The molecule has 0 saturated carbocycles. The first-order valence-electron chi connectivity index (χ1n) is 5.20. The smallest absolute Gasteiger partial charge is 0.183 e. The van der Waals surface area contributed by atoms with Crippen LogP contribution in [-0.4, -0.2) is 16.6 Å². The minimum atomic E-state index is -0.180. The van der Waals surface area contributed by atoms with Gasteiger partial charge in [0.2, 0.25) is 0 Å². The van der Waals surface area contributed by atoms with E-state index in [1.807, 2.05) is 30.3 Å². The third kappa shape index (κ3) is 2.71. The molecule has 0 radical (unpaired) electrons. The molecule has 0 N–H and O–H groups in total. The quantitative estimate of drug-likeness (QED) is 0.615. The van der Waals surface area contributed by atoms with E-state index in [0.29, 0.717) is 0 Å². The highest BCUT2D eigenvalue weighted by atomic mass is 127. The minimum Gasteiger partial charge on any atom is -0.347 e.